The Morgan fingerprint density at radius 1 is 1.55 bits per heavy atom. The molecule has 0 saturated carbocycles. The van der Waals surface area contributed by atoms with E-state index in [1.54, 1.807) is 19.1 Å². The highest BCUT2D eigenvalue weighted by Gasteiger charge is 2.21. The summed E-state index contributed by atoms with van der Waals surface area (Å²) in [6.07, 6.45) is 3.43. The van der Waals surface area contributed by atoms with Crippen molar-refractivity contribution in [2.75, 3.05) is 0 Å². The zero-order chi connectivity index (χ0) is 15.3. The Hall–Kier alpha value is -1.71. The van der Waals surface area contributed by atoms with E-state index in [0.717, 1.165) is 17.4 Å². The molecule has 7 nitrogen and oxygen atoms in total. The van der Waals surface area contributed by atoms with Gasteiger partial charge in [0.15, 0.2) is 0 Å². The molecule has 1 aromatic rings. The quantitative estimate of drug-likeness (QED) is 0.660. The van der Waals surface area contributed by atoms with Crippen molar-refractivity contribution >= 4 is 33.2 Å². The average molecular weight is 318 g/mol. The van der Waals surface area contributed by atoms with Crippen LogP contribution in [0.4, 0.5) is 0 Å². The maximum atomic E-state index is 11.8. The maximum Gasteiger partial charge on any atom is 0.326 e. The maximum absolute atomic E-state index is 11.8. The largest absolute Gasteiger partial charge is 0.480 e. The number of carboxylic acid groups (broad SMARTS) is 1. The van der Waals surface area contributed by atoms with E-state index < -0.39 is 27.9 Å². The van der Waals surface area contributed by atoms with Crippen LogP contribution in [0.1, 0.15) is 23.7 Å². The number of sulfonamides is 1. The van der Waals surface area contributed by atoms with Gasteiger partial charge < -0.3 is 10.4 Å². The Labute approximate surface area is 120 Å². The van der Waals surface area contributed by atoms with E-state index in [2.05, 4.69) is 5.32 Å². The first kappa shape index (κ1) is 16.3. The second kappa shape index (κ2) is 6.64. The van der Waals surface area contributed by atoms with Crippen molar-refractivity contribution in [3.05, 3.63) is 29.2 Å². The molecule has 20 heavy (non-hydrogen) atoms. The number of nitrogens with one attached hydrogen (secondary N) is 1. The summed E-state index contributed by atoms with van der Waals surface area (Å²) in [6.45, 7) is 1.73. The van der Waals surface area contributed by atoms with Crippen LogP contribution < -0.4 is 10.5 Å². The minimum Gasteiger partial charge on any atom is -0.480 e. The highest BCUT2D eigenvalue weighted by atomic mass is 32.2. The molecule has 0 aliphatic carbocycles. The van der Waals surface area contributed by atoms with Crippen LogP contribution >= 0.6 is 11.3 Å². The number of primary sulfonamides is 1. The van der Waals surface area contributed by atoms with Crippen LogP contribution in [0.15, 0.2) is 27.8 Å². The number of rotatable bonds is 6. The Morgan fingerprint density at radius 3 is 2.65 bits per heavy atom. The van der Waals surface area contributed by atoms with E-state index in [4.69, 9.17) is 10.2 Å². The number of allylic oxidation sites excluding steroid dienone is 1. The fourth-order valence-corrected chi connectivity index (χ4v) is 2.91. The normalized spacial score (nSPS) is 13.3. The number of hydrogen-bond donors (Lipinski definition) is 3. The molecule has 0 aliphatic heterocycles. The summed E-state index contributed by atoms with van der Waals surface area (Å²) in [7, 11) is -3.86. The van der Waals surface area contributed by atoms with Gasteiger partial charge in [0.25, 0.3) is 5.91 Å². The molecular formula is C11H14N2O5S2. The highest BCUT2D eigenvalue weighted by Crippen LogP contribution is 2.18. The molecule has 0 saturated heterocycles. The van der Waals surface area contributed by atoms with Crippen LogP contribution in [-0.4, -0.2) is 31.4 Å². The van der Waals surface area contributed by atoms with Crippen molar-refractivity contribution in [3.8, 4) is 0 Å². The molecule has 1 heterocycles. The van der Waals surface area contributed by atoms with E-state index >= 15 is 0 Å². The first-order valence-corrected chi connectivity index (χ1v) is 7.94. The van der Waals surface area contributed by atoms with Crippen LogP contribution in [-0.2, 0) is 14.8 Å². The highest BCUT2D eigenvalue weighted by molar-refractivity contribution is 7.91. The van der Waals surface area contributed by atoms with Crippen molar-refractivity contribution in [1.29, 1.82) is 0 Å². The van der Waals surface area contributed by atoms with Crippen LogP contribution in [0.5, 0.6) is 0 Å². The second-order valence-electron chi connectivity index (χ2n) is 3.87. The molecule has 0 aliphatic rings. The van der Waals surface area contributed by atoms with Crippen molar-refractivity contribution in [2.45, 2.75) is 23.6 Å². The second-order valence-corrected chi connectivity index (χ2v) is 6.57. The van der Waals surface area contributed by atoms with Gasteiger partial charge in [-0.2, -0.15) is 0 Å². The monoisotopic (exact) mass is 318 g/mol. The Kier molecular flexibility index (Phi) is 5.43. The van der Waals surface area contributed by atoms with E-state index in [-0.39, 0.29) is 16.2 Å². The summed E-state index contributed by atoms with van der Waals surface area (Å²) in [5, 5.41) is 17.5. The zero-order valence-electron chi connectivity index (χ0n) is 10.6. The predicted molar refractivity (Wildman–Crippen MR) is 74.0 cm³/mol. The number of hydrogen-bond acceptors (Lipinski definition) is 5. The van der Waals surface area contributed by atoms with E-state index in [0.29, 0.717) is 0 Å². The molecule has 1 unspecified atom stereocenters. The minimum atomic E-state index is -3.86. The zero-order valence-corrected chi connectivity index (χ0v) is 12.2. The lowest BCUT2D eigenvalue weighted by Crippen LogP contribution is -2.40. The first-order chi connectivity index (χ1) is 9.25. The molecule has 9 heteroatoms. The molecule has 1 aromatic heterocycles. The number of aliphatic carboxylic acids is 1. The van der Waals surface area contributed by atoms with E-state index in [1.165, 1.54) is 5.38 Å². The number of carboxylic acids is 1. The van der Waals surface area contributed by atoms with Gasteiger partial charge in [-0.25, -0.2) is 18.4 Å². The Balaban J connectivity index is 2.84. The molecule has 0 bridgehead atoms. The lowest BCUT2D eigenvalue weighted by atomic mass is 10.2. The van der Waals surface area contributed by atoms with E-state index in [1.807, 2.05) is 0 Å². The third-order valence-electron chi connectivity index (χ3n) is 2.33. The molecule has 1 amide bonds. The fraction of sp³-hybridized carbons (Fsp3) is 0.273. The molecule has 0 spiro atoms. The van der Waals surface area contributed by atoms with Crippen molar-refractivity contribution < 1.29 is 23.1 Å². The lowest BCUT2D eigenvalue weighted by Gasteiger charge is -2.11. The molecule has 4 N–H and O–H groups in total. The third kappa shape index (κ3) is 4.44. The van der Waals surface area contributed by atoms with Gasteiger partial charge in [0.1, 0.15) is 10.3 Å². The number of nitrogens with two attached hydrogens (primary N) is 1. The smallest absolute Gasteiger partial charge is 0.326 e. The molecule has 110 valence electrons. The topological polar surface area (TPSA) is 127 Å². The molecule has 0 radical (unpaired) electrons. The Morgan fingerprint density at radius 2 is 2.20 bits per heavy atom. The first-order valence-electron chi connectivity index (χ1n) is 5.52. The predicted octanol–water partition coefficient (Wildman–Crippen LogP) is 0.545. The fourth-order valence-electron chi connectivity index (χ4n) is 1.32. The van der Waals surface area contributed by atoms with E-state index in [9.17, 15) is 18.0 Å². The molecule has 0 fully saturated rings. The van der Waals surface area contributed by atoms with Gasteiger partial charge in [0.2, 0.25) is 10.0 Å². The van der Waals surface area contributed by atoms with Gasteiger partial charge in [-0.05, 0) is 19.4 Å². The van der Waals surface area contributed by atoms with Gasteiger partial charge in [-0.15, -0.1) is 11.3 Å². The summed E-state index contributed by atoms with van der Waals surface area (Å²) in [5.74, 6) is -1.83. The lowest BCUT2D eigenvalue weighted by molar-refractivity contribution is -0.139. The van der Waals surface area contributed by atoms with Gasteiger partial charge in [-0.1, -0.05) is 12.2 Å². The summed E-state index contributed by atoms with van der Waals surface area (Å²) in [4.78, 5) is 22.8. The van der Waals surface area contributed by atoms with Crippen LogP contribution in [0.3, 0.4) is 0 Å². The van der Waals surface area contributed by atoms with Gasteiger partial charge in [-0.3, -0.25) is 4.79 Å². The number of amides is 1. The number of carbonyl (C=O) groups excluding carboxylic acids is 1. The molecular weight excluding hydrogens is 304 g/mol. The minimum absolute atomic E-state index is 0.0609. The molecule has 0 aromatic carbocycles. The number of carbonyl (C=O) groups is 2. The third-order valence-corrected chi connectivity index (χ3v) is 4.72. The Bertz CT molecular complexity index is 633. The van der Waals surface area contributed by atoms with Gasteiger partial charge in [0, 0.05) is 5.38 Å². The SMILES string of the molecule is C/C=C/CC(NC(=O)c1csc(S(N)(=O)=O)c1)C(=O)O. The standard InChI is InChI=1S/C11H14N2O5S2/c1-2-3-4-8(11(15)16)13-10(14)7-5-9(19-6-7)20(12,17)18/h2-3,5-6,8H,4H2,1H3,(H,13,14)(H,15,16)(H2,12,17,18)/b3-2+. The average Bonchev–Trinajstić information content (AvgIpc) is 2.83. The van der Waals surface area contributed by atoms with Gasteiger partial charge in [0.05, 0.1) is 5.56 Å². The number of thiophene rings is 1. The summed E-state index contributed by atoms with van der Waals surface area (Å²) < 4.78 is 22.0. The van der Waals surface area contributed by atoms with Gasteiger partial charge >= 0.3 is 5.97 Å². The summed E-state index contributed by atoms with van der Waals surface area (Å²) in [5.41, 5.74) is 0.0609. The summed E-state index contributed by atoms with van der Waals surface area (Å²) >= 11 is 0.803. The van der Waals surface area contributed by atoms with Crippen molar-refractivity contribution in [3.63, 3.8) is 0 Å². The molecule has 1 atom stereocenters. The molecule has 1 rings (SSSR count). The van der Waals surface area contributed by atoms with Crippen LogP contribution in [0, 0.1) is 0 Å². The van der Waals surface area contributed by atoms with Crippen LogP contribution in [0.25, 0.3) is 0 Å². The summed E-state index contributed by atoms with van der Waals surface area (Å²) in [6, 6.07) is 0.0423. The van der Waals surface area contributed by atoms with Crippen molar-refractivity contribution in [2.24, 2.45) is 5.14 Å². The van der Waals surface area contributed by atoms with Crippen LogP contribution in [0.2, 0.25) is 0 Å². The van der Waals surface area contributed by atoms with Crippen molar-refractivity contribution in [1.82, 2.24) is 5.32 Å².